The average Bonchev–Trinajstić information content (AvgIpc) is 3.11. The number of aromatic carboxylic acids is 1. The number of carboxylic acids is 1. The van der Waals surface area contributed by atoms with Crippen LogP contribution in [0.1, 0.15) is 27.3 Å². The SMILES string of the molecule is COc1cccc(Oc2ccc(N=Cc3cc(C)n(-c4ccccc4C(=O)O)c3C)cc2)c1. The molecular weight excluding hydrogens is 416 g/mol. The van der Waals surface area contributed by atoms with E-state index in [2.05, 4.69) is 4.99 Å². The largest absolute Gasteiger partial charge is 0.497 e. The molecule has 4 rings (SSSR count). The Bertz CT molecular complexity index is 1320. The van der Waals surface area contributed by atoms with Crippen molar-refractivity contribution in [3.05, 3.63) is 101 Å². The third-order valence-corrected chi connectivity index (χ3v) is 5.31. The first-order valence-electron chi connectivity index (χ1n) is 10.4. The van der Waals surface area contributed by atoms with Gasteiger partial charge in [-0.05, 0) is 68.4 Å². The summed E-state index contributed by atoms with van der Waals surface area (Å²) in [5.41, 5.74) is 4.45. The van der Waals surface area contributed by atoms with E-state index in [1.807, 2.05) is 85.1 Å². The molecule has 0 saturated heterocycles. The summed E-state index contributed by atoms with van der Waals surface area (Å²) in [6, 6.07) is 23.9. The van der Waals surface area contributed by atoms with E-state index in [0.29, 0.717) is 17.2 Å². The van der Waals surface area contributed by atoms with Crippen LogP contribution in [-0.2, 0) is 0 Å². The van der Waals surface area contributed by atoms with Crippen molar-refractivity contribution < 1.29 is 19.4 Å². The molecule has 3 aromatic carbocycles. The molecule has 0 radical (unpaired) electrons. The lowest BCUT2D eigenvalue weighted by Crippen LogP contribution is -2.07. The van der Waals surface area contributed by atoms with Gasteiger partial charge in [-0.25, -0.2) is 4.79 Å². The van der Waals surface area contributed by atoms with Crippen molar-refractivity contribution in [1.82, 2.24) is 4.57 Å². The fourth-order valence-corrected chi connectivity index (χ4v) is 3.68. The van der Waals surface area contributed by atoms with E-state index in [0.717, 1.165) is 28.4 Å². The van der Waals surface area contributed by atoms with E-state index >= 15 is 0 Å². The molecule has 0 spiro atoms. The molecule has 0 aliphatic rings. The average molecular weight is 440 g/mol. The smallest absolute Gasteiger partial charge is 0.337 e. The predicted octanol–water partition coefficient (Wildman–Crippen LogP) is 6.34. The van der Waals surface area contributed by atoms with Crippen molar-refractivity contribution in [2.75, 3.05) is 7.11 Å². The summed E-state index contributed by atoms with van der Waals surface area (Å²) in [6.45, 7) is 3.91. The summed E-state index contributed by atoms with van der Waals surface area (Å²) < 4.78 is 13.0. The highest BCUT2D eigenvalue weighted by Gasteiger charge is 2.15. The zero-order valence-electron chi connectivity index (χ0n) is 18.6. The van der Waals surface area contributed by atoms with E-state index < -0.39 is 5.97 Å². The number of ether oxygens (including phenoxy) is 2. The predicted molar refractivity (Wildman–Crippen MR) is 129 cm³/mol. The second kappa shape index (κ2) is 9.44. The first-order valence-corrected chi connectivity index (χ1v) is 10.4. The van der Waals surface area contributed by atoms with Crippen molar-refractivity contribution >= 4 is 17.9 Å². The number of rotatable bonds is 7. The number of hydrogen-bond acceptors (Lipinski definition) is 4. The Morgan fingerprint density at radius 2 is 1.64 bits per heavy atom. The molecule has 33 heavy (non-hydrogen) atoms. The second-order valence-corrected chi connectivity index (χ2v) is 7.52. The van der Waals surface area contributed by atoms with Gasteiger partial charge in [0, 0.05) is 29.2 Å². The molecule has 6 heteroatoms. The van der Waals surface area contributed by atoms with Crippen molar-refractivity contribution in [1.29, 1.82) is 0 Å². The molecule has 0 amide bonds. The molecule has 1 aromatic heterocycles. The van der Waals surface area contributed by atoms with Crippen LogP contribution in [-0.4, -0.2) is 29.0 Å². The van der Waals surface area contributed by atoms with E-state index in [9.17, 15) is 9.90 Å². The summed E-state index contributed by atoms with van der Waals surface area (Å²) in [6.07, 6.45) is 1.79. The maximum absolute atomic E-state index is 11.7. The van der Waals surface area contributed by atoms with Crippen LogP contribution >= 0.6 is 0 Å². The van der Waals surface area contributed by atoms with Gasteiger partial charge in [-0.15, -0.1) is 0 Å². The maximum atomic E-state index is 11.7. The molecule has 6 nitrogen and oxygen atoms in total. The number of hydrogen-bond donors (Lipinski definition) is 1. The number of aryl methyl sites for hydroxylation is 1. The number of benzene rings is 3. The van der Waals surface area contributed by atoms with Gasteiger partial charge in [-0.1, -0.05) is 18.2 Å². The lowest BCUT2D eigenvalue weighted by atomic mass is 10.1. The number of methoxy groups -OCH3 is 1. The summed E-state index contributed by atoms with van der Waals surface area (Å²) in [7, 11) is 1.62. The third kappa shape index (κ3) is 4.80. The first-order chi connectivity index (χ1) is 16.0. The van der Waals surface area contributed by atoms with Gasteiger partial charge >= 0.3 is 5.97 Å². The molecular formula is C27H24N2O4. The van der Waals surface area contributed by atoms with Crippen LogP contribution in [0, 0.1) is 13.8 Å². The molecule has 1 N–H and O–H groups in total. The fourth-order valence-electron chi connectivity index (χ4n) is 3.68. The van der Waals surface area contributed by atoms with Gasteiger partial charge < -0.3 is 19.1 Å². The van der Waals surface area contributed by atoms with Crippen LogP contribution in [0.3, 0.4) is 0 Å². The van der Waals surface area contributed by atoms with Crippen LogP contribution in [0.2, 0.25) is 0 Å². The number of nitrogens with zero attached hydrogens (tertiary/aromatic N) is 2. The number of aliphatic imine (C=N–C) groups is 1. The van der Waals surface area contributed by atoms with E-state index in [1.54, 1.807) is 25.5 Å². The van der Waals surface area contributed by atoms with E-state index in [-0.39, 0.29) is 5.56 Å². The van der Waals surface area contributed by atoms with Gasteiger partial charge in [0.05, 0.1) is 24.0 Å². The molecule has 166 valence electrons. The Morgan fingerprint density at radius 1 is 0.909 bits per heavy atom. The highest BCUT2D eigenvalue weighted by atomic mass is 16.5. The van der Waals surface area contributed by atoms with Gasteiger partial charge in [0.25, 0.3) is 0 Å². The number of para-hydroxylation sites is 1. The zero-order chi connectivity index (χ0) is 23.4. The summed E-state index contributed by atoms with van der Waals surface area (Å²) in [4.78, 5) is 16.2. The topological polar surface area (TPSA) is 73.0 Å². The Balaban J connectivity index is 1.54. The van der Waals surface area contributed by atoms with Crippen molar-refractivity contribution in [3.63, 3.8) is 0 Å². The number of aromatic nitrogens is 1. The van der Waals surface area contributed by atoms with Crippen LogP contribution in [0.25, 0.3) is 5.69 Å². The van der Waals surface area contributed by atoms with Gasteiger partial charge in [0.15, 0.2) is 0 Å². The lowest BCUT2D eigenvalue weighted by molar-refractivity contribution is 0.0697. The monoisotopic (exact) mass is 440 g/mol. The summed E-state index contributed by atoms with van der Waals surface area (Å²) >= 11 is 0. The molecule has 1 heterocycles. The minimum Gasteiger partial charge on any atom is -0.497 e. The highest BCUT2D eigenvalue weighted by molar-refractivity contribution is 5.92. The highest BCUT2D eigenvalue weighted by Crippen LogP contribution is 2.27. The van der Waals surface area contributed by atoms with Crippen LogP contribution in [0.5, 0.6) is 17.2 Å². The molecule has 0 atom stereocenters. The standard InChI is InChI=1S/C27H24N2O4/c1-18-15-20(19(2)29(18)26-10-5-4-9-25(26)27(30)31)17-28-21-11-13-22(14-12-21)33-24-8-6-7-23(16-24)32-3/h4-17H,1-3H3,(H,30,31). The van der Waals surface area contributed by atoms with E-state index in [1.165, 1.54) is 0 Å². The van der Waals surface area contributed by atoms with Gasteiger partial charge in [-0.3, -0.25) is 4.99 Å². The van der Waals surface area contributed by atoms with Crippen molar-refractivity contribution in [3.8, 4) is 22.9 Å². The van der Waals surface area contributed by atoms with Crippen LogP contribution in [0.15, 0.2) is 83.9 Å². The second-order valence-electron chi connectivity index (χ2n) is 7.52. The summed E-state index contributed by atoms with van der Waals surface area (Å²) in [5, 5.41) is 9.55. The Hall–Kier alpha value is -4.32. The molecule has 0 aliphatic heterocycles. The fraction of sp³-hybridized carbons (Fsp3) is 0.111. The van der Waals surface area contributed by atoms with Crippen molar-refractivity contribution in [2.24, 2.45) is 4.99 Å². The molecule has 0 aliphatic carbocycles. The third-order valence-electron chi connectivity index (χ3n) is 5.31. The molecule has 0 saturated carbocycles. The normalized spacial score (nSPS) is 11.0. The Kier molecular flexibility index (Phi) is 6.26. The number of carbonyl (C=O) groups is 1. The molecule has 0 bridgehead atoms. The van der Waals surface area contributed by atoms with Crippen molar-refractivity contribution in [2.45, 2.75) is 13.8 Å². The number of carboxylic acid groups (broad SMARTS) is 1. The first kappa shape index (κ1) is 21.9. The van der Waals surface area contributed by atoms with Gasteiger partial charge in [0.2, 0.25) is 0 Å². The minimum atomic E-state index is -0.954. The molecule has 0 unspecified atom stereocenters. The Morgan fingerprint density at radius 3 is 2.36 bits per heavy atom. The van der Waals surface area contributed by atoms with Crippen LogP contribution < -0.4 is 9.47 Å². The van der Waals surface area contributed by atoms with E-state index in [4.69, 9.17) is 9.47 Å². The zero-order valence-corrected chi connectivity index (χ0v) is 18.6. The molecule has 4 aromatic rings. The lowest BCUT2D eigenvalue weighted by Gasteiger charge is -2.12. The maximum Gasteiger partial charge on any atom is 0.337 e. The summed E-state index contributed by atoms with van der Waals surface area (Å²) in [5.74, 6) is 1.17. The molecule has 0 fully saturated rings. The quantitative estimate of drug-likeness (QED) is 0.340. The van der Waals surface area contributed by atoms with Gasteiger partial charge in [0.1, 0.15) is 17.2 Å². The Labute approximate surface area is 192 Å². The van der Waals surface area contributed by atoms with Gasteiger partial charge in [-0.2, -0.15) is 0 Å². The van der Waals surface area contributed by atoms with Crippen LogP contribution in [0.4, 0.5) is 5.69 Å². The minimum absolute atomic E-state index is 0.259.